The highest BCUT2D eigenvalue weighted by Crippen LogP contribution is 2.28. The molecular formula is C10H8Cl2O5. The maximum atomic E-state index is 10.8. The topological polar surface area (TPSA) is 83.8 Å². The summed E-state index contributed by atoms with van der Waals surface area (Å²) in [4.78, 5) is 21.2. The number of halogens is 2. The van der Waals surface area contributed by atoms with E-state index in [1.54, 1.807) is 0 Å². The van der Waals surface area contributed by atoms with E-state index in [2.05, 4.69) is 0 Å². The Morgan fingerprint density at radius 3 is 2.41 bits per heavy atom. The number of hydrogen-bond donors (Lipinski definition) is 2. The van der Waals surface area contributed by atoms with Gasteiger partial charge in [-0.05, 0) is 18.2 Å². The van der Waals surface area contributed by atoms with Gasteiger partial charge in [-0.1, -0.05) is 23.2 Å². The van der Waals surface area contributed by atoms with Crippen LogP contribution >= 0.6 is 23.2 Å². The van der Waals surface area contributed by atoms with Gasteiger partial charge in [0.05, 0.1) is 11.4 Å². The second kappa shape index (κ2) is 5.75. The van der Waals surface area contributed by atoms with Crippen molar-refractivity contribution in [3.05, 3.63) is 28.2 Å². The SMILES string of the molecule is O=C(O)CC(Oc1ccc(Cl)cc1Cl)C(=O)O. The van der Waals surface area contributed by atoms with Crippen LogP contribution in [0.15, 0.2) is 18.2 Å². The van der Waals surface area contributed by atoms with Gasteiger partial charge in [-0.25, -0.2) is 4.79 Å². The minimum atomic E-state index is -1.49. The number of rotatable bonds is 5. The van der Waals surface area contributed by atoms with E-state index in [0.717, 1.165) is 0 Å². The molecule has 0 bridgehead atoms. The molecule has 1 aromatic rings. The number of aliphatic carboxylic acids is 2. The molecule has 0 aromatic heterocycles. The monoisotopic (exact) mass is 278 g/mol. The van der Waals surface area contributed by atoms with Crippen LogP contribution in [0.3, 0.4) is 0 Å². The molecule has 0 saturated heterocycles. The van der Waals surface area contributed by atoms with Crippen molar-refractivity contribution in [1.29, 1.82) is 0 Å². The Balaban J connectivity index is 2.86. The third-order valence-electron chi connectivity index (χ3n) is 1.80. The molecule has 2 N–H and O–H groups in total. The van der Waals surface area contributed by atoms with Gasteiger partial charge >= 0.3 is 11.9 Å². The summed E-state index contributed by atoms with van der Waals surface area (Å²) in [5.74, 6) is -2.58. The van der Waals surface area contributed by atoms with Crippen LogP contribution in [0.5, 0.6) is 5.75 Å². The molecule has 7 heteroatoms. The van der Waals surface area contributed by atoms with Crippen LogP contribution in [0, 0.1) is 0 Å². The Morgan fingerprint density at radius 1 is 1.29 bits per heavy atom. The van der Waals surface area contributed by atoms with Crippen LogP contribution in [0.2, 0.25) is 10.0 Å². The Hall–Kier alpha value is -1.46. The van der Waals surface area contributed by atoms with Crippen molar-refractivity contribution in [3.8, 4) is 5.75 Å². The second-order valence-corrected chi connectivity index (χ2v) is 3.96. The van der Waals surface area contributed by atoms with E-state index >= 15 is 0 Å². The third kappa shape index (κ3) is 4.13. The lowest BCUT2D eigenvalue weighted by Crippen LogP contribution is -2.29. The number of carboxylic acids is 2. The molecule has 92 valence electrons. The van der Waals surface area contributed by atoms with Crippen LogP contribution in [0.1, 0.15) is 6.42 Å². The summed E-state index contributed by atoms with van der Waals surface area (Å²) in [7, 11) is 0. The second-order valence-electron chi connectivity index (χ2n) is 3.12. The molecule has 1 aromatic carbocycles. The van der Waals surface area contributed by atoms with E-state index in [4.69, 9.17) is 38.2 Å². The highest BCUT2D eigenvalue weighted by atomic mass is 35.5. The van der Waals surface area contributed by atoms with Crippen molar-refractivity contribution in [2.45, 2.75) is 12.5 Å². The van der Waals surface area contributed by atoms with E-state index in [9.17, 15) is 9.59 Å². The first kappa shape index (κ1) is 13.6. The number of benzene rings is 1. The summed E-state index contributed by atoms with van der Waals surface area (Å²) >= 11 is 11.4. The fraction of sp³-hybridized carbons (Fsp3) is 0.200. The molecule has 0 aliphatic rings. The predicted molar refractivity (Wildman–Crippen MR) is 60.8 cm³/mol. The minimum Gasteiger partial charge on any atom is -0.481 e. The summed E-state index contributed by atoms with van der Waals surface area (Å²) < 4.78 is 5.00. The van der Waals surface area contributed by atoms with Gasteiger partial charge in [-0.2, -0.15) is 0 Å². The van der Waals surface area contributed by atoms with Crippen molar-refractivity contribution in [1.82, 2.24) is 0 Å². The van der Waals surface area contributed by atoms with Crippen LogP contribution < -0.4 is 4.74 Å². The number of carboxylic acid groups (broad SMARTS) is 2. The van der Waals surface area contributed by atoms with Crippen LogP contribution in [0.4, 0.5) is 0 Å². The fourth-order valence-corrected chi connectivity index (χ4v) is 1.52. The lowest BCUT2D eigenvalue weighted by molar-refractivity contribution is -0.151. The minimum absolute atomic E-state index is 0.0738. The highest BCUT2D eigenvalue weighted by Gasteiger charge is 2.23. The molecule has 0 amide bonds. The highest BCUT2D eigenvalue weighted by molar-refractivity contribution is 6.35. The smallest absolute Gasteiger partial charge is 0.345 e. The maximum Gasteiger partial charge on any atom is 0.345 e. The zero-order chi connectivity index (χ0) is 13.0. The van der Waals surface area contributed by atoms with Crippen LogP contribution in [-0.2, 0) is 9.59 Å². The molecule has 0 aliphatic carbocycles. The Bertz CT molecular complexity index is 446. The van der Waals surface area contributed by atoms with Gasteiger partial charge < -0.3 is 14.9 Å². The molecule has 0 radical (unpaired) electrons. The molecule has 17 heavy (non-hydrogen) atoms. The molecule has 1 atom stereocenters. The van der Waals surface area contributed by atoms with Crippen molar-refractivity contribution < 1.29 is 24.5 Å². The Labute approximate surface area is 107 Å². The third-order valence-corrected chi connectivity index (χ3v) is 2.33. The molecule has 0 spiro atoms. The first-order valence-corrected chi connectivity index (χ1v) is 5.22. The number of hydrogen-bond acceptors (Lipinski definition) is 3. The van der Waals surface area contributed by atoms with Crippen LogP contribution in [0.25, 0.3) is 0 Å². The van der Waals surface area contributed by atoms with Gasteiger partial charge in [-0.15, -0.1) is 0 Å². The molecule has 0 saturated carbocycles. The van der Waals surface area contributed by atoms with Gasteiger partial charge in [0, 0.05) is 5.02 Å². The average molecular weight is 279 g/mol. The van der Waals surface area contributed by atoms with Crippen molar-refractivity contribution in [3.63, 3.8) is 0 Å². The molecule has 5 nitrogen and oxygen atoms in total. The molecular weight excluding hydrogens is 271 g/mol. The fourth-order valence-electron chi connectivity index (χ4n) is 1.06. The summed E-state index contributed by atoms with van der Waals surface area (Å²) in [6.45, 7) is 0. The first-order chi connectivity index (χ1) is 7.90. The quantitative estimate of drug-likeness (QED) is 0.863. The number of ether oxygens (including phenoxy) is 1. The standard InChI is InChI=1S/C10H8Cl2O5/c11-5-1-2-7(6(12)3-5)17-8(10(15)16)4-9(13)14/h1-3,8H,4H2,(H,13,14)(H,15,16). The van der Waals surface area contributed by atoms with E-state index in [1.165, 1.54) is 18.2 Å². The van der Waals surface area contributed by atoms with Crippen LogP contribution in [-0.4, -0.2) is 28.3 Å². The Kier molecular flexibility index (Phi) is 4.60. The van der Waals surface area contributed by atoms with E-state index in [1.807, 2.05) is 0 Å². The van der Waals surface area contributed by atoms with Crippen molar-refractivity contribution in [2.75, 3.05) is 0 Å². The van der Waals surface area contributed by atoms with Crippen molar-refractivity contribution >= 4 is 35.1 Å². The molecule has 0 fully saturated rings. The largest absolute Gasteiger partial charge is 0.481 e. The summed E-state index contributed by atoms with van der Waals surface area (Å²) in [5.41, 5.74) is 0. The Morgan fingerprint density at radius 2 is 1.94 bits per heavy atom. The van der Waals surface area contributed by atoms with Gasteiger partial charge in [0.1, 0.15) is 5.75 Å². The molecule has 1 rings (SSSR count). The van der Waals surface area contributed by atoms with Gasteiger partial charge in [-0.3, -0.25) is 4.79 Å². The predicted octanol–water partition coefficient (Wildman–Crippen LogP) is 2.30. The maximum absolute atomic E-state index is 10.8. The molecule has 0 aliphatic heterocycles. The molecule has 0 heterocycles. The van der Waals surface area contributed by atoms with E-state index < -0.39 is 24.5 Å². The van der Waals surface area contributed by atoms with Gasteiger partial charge in [0.2, 0.25) is 6.10 Å². The summed E-state index contributed by atoms with van der Waals surface area (Å²) in [6.07, 6.45) is -2.15. The van der Waals surface area contributed by atoms with Gasteiger partial charge in [0.15, 0.2) is 0 Å². The zero-order valence-corrected chi connectivity index (χ0v) is 9.90. The molecule has 1 unspecified atom stereocenters. The normalized spacial score (nSPS) is 11.9. The lowest BCUT2D eigenvalue weighted by atomic mass is 10.2. The number of carbonyl (C=O) groups is 2. The van der Waals surface area contributed by atoms with E-state index in [0.29, 0.717) is 5.02 Å². The van der Waals surface area contributed by atoms with Gasteiger partial charge in [0.25, 0.3) is 0 Å². The van der Waals surface area contributed by atoms with Crippen molar-refractivity contribution in [2.24, 2.45) is 0 Å². The average Bonchev–Trinajstić information content (AvgIpc) is 2.19. The summed E-state index contributed by atoms with van der Waals surface area (Å²) in [6, 6.07) is 4.21. The summed E-state index contributed by atoms with van der Waals surface area (Å²) in [5, 5.41) is 17.8. The van der Waals surface area contributed by atoms with E-state index in [-0.39, 0.29) is 10.8 Å². The first-order valence-electron chi connectivity index (χ1n) is 4.46. The lowest BCUT2D eigenvalue weighted by Gasteiger charge is -2.14. The zero-order valence-electron chi connectivity index (χ0n) is 8.39.